The van der Waals surface area contributed by atoms with Crippen LogP contribution in [0.3, 0.4) is 0 Å². The molecule has 2 aromatic carbocycles. The Morgan fingerprint density at radius 2 is 1.89 bits per heavy atom. The fraction of sp³-hybridized carbons (Fsp3) is 0.350. The Hall–Kier alpha value is -3.09. The summed E-state index contributed by atoms with van der Waals surface area (Å²) in [7, 11) is 1.65. The Kier molecular flexibility index (Phi) is 5.59. The zero-order valence-corrected chi connectivity index (χ0v) is 15.3. The largest absolute Gasteiger partial charge is 0.497 e. The number of nitrogens with two attached hydrogens (primary N) is 1. The van der Waals surface area contributed by atoms with E-state index in [0.717, 1.165) is 25.0 Å². The predicted octanol–water partition coefficient (Wildman–Crippen LogP) is 3.28. The van der Waals surface area contributed by atoms with Gasteiger partial charge < -0.3 is 15.4 Å². The van der Waals surface area contributed by atoms with Crippen molar-refractivity contribution in [1.29, 1.82) is 0 Å². The van der Waals surface area contributed by atoms with Crippen LogP contribution in [0.2, 0.25) is 0 Å². The lowest BCUT2D eigenvalue weighted by molar-refractivity contribution is -0.383. The highest BCUT2D eigenvalue weighted by molar-refractivity contribution is 5.95. The fourth-order valence-electron chi connectivity index (χ4n) is 3.45. The van der Waals surface area contributed by atoms with Crippen molar-refractivity contribution >= 4 is 17.3 Å². The molecule has 2 aromatic rings. The first-order chi connectivity index (χ1) is 13.0. The number of hydrogen-bond donors (Lipinski definition) is 1. The molecule has 3 rings (SSSR count). The molecular formula is C20H23N3O4. The molecule has 142 valence electrons. The van der Waals surface area contributed by atoms with E-state index in [1.54, 1.807) is 18.1 Å². The maximum atomic E-state index is 12.7. The fourth-order valence-corrected chi connectivity index (χ4v) is 3.45. The van der Waals surface area contributed by atoms with E-state index >= 15 is 0 Å². The van der Waals surface area contributed by atoms with Crippen LogP contribution in [0.5, 0.6) is 5.75 Å². The molecule has 7 nitrogen and oxygen atoms in total. The van der Waals surface area contributed by atoms with Gasteiger partial charge in [-0.2, -0.15) is 0 Å². The van der Waals surface area contributed by atoms with Gasteiger partial charge in [-0.1, -0.05) is 12.1 Å². The topological polar surface area (TPSA) is 98.7 Å². The number of methoxy groups -OCH3 is 1. The van der Waals surface area contributed by atoms with Crippen LogP contribution in [0, 0.1) is 16.0 Å². The van der Waals surface area contributed by atoms with Crippen LogP contribution in [0.4, 0.5) is 11.4 Å². The summed E-state index contributed by atoms with van der Waals surface area (Å²) in [6, 6.07) is 12.3. The first-order valence-electron chi connectivity index (χ1n) is 8.94. The number of anilines is 1. The number of carbonyl (C=O) groups excluding carboxylic acids is 1. The summed E-state index contributed by atoms with van der Waals surface area (Å²) < 4.78 is 5.18. The minimum atomic E-state index is -0.562. The Morgan fingerprint density at radius 3 is 2.48 bits per heavy atom. The molecule has 0 bridgehead atoms. The van der Waals surface area contributed by atoms with Crippen LogP contribution < -0.4 is 10.5 Å². The third kappa shape index (κ3) is 4.36. The van der Waals surface area contributed by atoms with E-state index in [1.165, 1.54) is 17.7 Å². The Labute approximate surface area is 157 Å². The second kappa shape index (κ2) is 8.07. The van der Waals surface area contributed by atoms with E-state index in [0.29, 0.717) is 24.6 Å². The lowest BCUT2D eigenvalue weighted by atomic mass is 9.90. The minimum Gasteiger partial charge on any atom is -0.497 e. The van der Waals surface area contributed by atoms with E-state index in [2.05, 4.69) is 12.1 Å². The predicted molar refractivity (Wildman–Crippen MR) is 103 cm³/mol. The zero-order chi connectivity index (χ0) is 19.4. The van der Waals surface area contributed by atoms with Crippen LogP contribution in [0.25, 0.3) is 0 Å². The van der Waals surface area contributed by atoms with Crippen molar-refractivity contribution in [2.75, 3.05) is 25.9 Å². The third-order valence-corrected chi connectivity index (χ3v) is 5.06. The first kappa shape index (κ1) is 18.7. The smallest absolute Gasteiger partial charge is 0.292 e. The lowest BCUT2D eigenvalue weighted by Gasteiger charge is -2.32. The van der Waals surface area contributed by atoms with Gasteiger partial charge in [0.15, 0.2) is 0 Å². The van der Waals surface area contributed by atoms with E-state index in [1.807, 2.05) is 12.1 Å². The quantitative estimate of drug-likeness (QED) is 0.495. The van der Waals surface area contributed by atoms with Crippen LogP contribution in [0.1, 0.15) is 28.8 Å². The summed E-state index contributed by atoms with van der Waals surface area (Å²) in [5, 5.41) is 11.0. The monoisotopic (exact) mass is 369 g/mol. The summed E-state index contributed by atoms with van der Waals surface area (Å²) in [6.45, 7) is 1.30. The van der Waals surface area contributed by atoms with Gasteiger partial charge in [0.05, 0.1) is 12.0 Å². The highest BCUT2D eigenvalue weighted by atomic mass is 16.6. The van der Waals surface area contributed by atoms with Gasteiger partial charge in [0.1, 0.15) is 11.4 Å². The molecule has 1 saturated heterocycles. The Balaban J connectivity index is 1.59. The van der Waals surface area contributed by atoms with Crippen molar-refractivity contribution < 1.29 is 14.5 Å². The van der Waals surface area contributed by atoms with E-state index in [9.17, 15) is 14.9 Å². The summed E-state index contributed by atoms with van der Waals surface area (Å²) in [5.74, 6) is 1.18. The molecule has 1 aliphatic heterocycles. The maximum absolute atomic E-state index is 12.7. The van der Waals surface area contributed by atoms with Gasteiger partial charge in [-0.25, -0.2) is 0 Å². The molecule has 27 heavy (non-hydrogen) atoms. The van der Waals surface area contributed by atoms with Crippen LogP contribution in [0.15, 0.2) is 42.5 Å². The molecule has 1 amide bonds. The van der Waals surface area contributed by atoms with Crippen LogP contribution >= 0.6 is 0 Å². The Bertz CT molecular complexity index is 828. The maximum Gasteiger partial charge on any atom is 0.292 e. The number of likely N-dealkylation sites (tertiary alicyclic amines) is 1. The number of ether oxygens (including phenoxy) is 1. The second-order valence-electron chi connectivity index (χ2n) is 6.82. The number of nitrogens with zero attached hydrogens (tertiary/aromatic N) is 2. The standard InChI is InChI=1S/C20H23N3O4/c1-27-17-5-2-14(3-6-17)12-15-8-10-22(11-9-15)20(24)16-4-7-18(21)19(13-16)23(25)26/h2-7,13,15H,8-12,21H2,1H3. The molecular weight excluding hydrogens is 346 g/mol. The van der Waals surface area contributed by atoms with Gasteiger partial charge in [-0.05, 0) is 55.0 Å². The van der Waals surface area contributed by atoms with Crippen molar-refractivity contribution in [1.82, 2.24) is 4.90 Å². The molecule has 0 atom stereocenters. The summed E-state index contributed by atoms with van der Waals surface area (Å²) in [4.78, 5) is 24.9. The number of nitro groups is 1. The van der Waals surface area contributed by atoms with Gasteiger partial charge >= 0.3 is 0 Å². The molecule has 0 radical (unpaired) electrons. The first-order valence-corrected chi connectivity index (χ1v) is 8.94. The van der Waals surface area contributed by atoms with Gasteiger partial charge in [0.2, 0.25) is 0 Å². The normalized spacial score (nSPS) is 14.8. The van der Waals surface area contributed by atoms with E-state index < -0.39 is 4.92 Å². The van der Waals surface area contributed by atoms with Crippen molar-refractivity contribution in [2.24, 2.45) is 5.92 Å². The number of benzene rings is 2. The van der Waals surface area contributed by atoms with E-state index in [-0.39, 0.29) is 17.3 Å². The highest BCUT2D eigenvalue weighted by Crippen LogP contribution is 2.26. The van der Waals surface area contributed by atoms with E-state index in [4.69, 9.17) is 10.5 Å². The molecule has 2 N–H and O–H groups in total. The molecule has 1 fully saturated rings. The van der Waals surface area contributed by atoms with Crippen molar-refractivity contribution in [3.63, 3.8) is 0 Å². The SMILES string of the molecule is COc1ccc(CC2CCN(C(=O)c3ccc(N)c([N+](=O)[O-])c3)CC2)cc1. The number of nitrogen functional groups attached to an aromatic ring is 1. The molecule has 0 spiro atoms. The molecule has 1 heterocycles. The highest BCUT2D eigenvalue weighted by Gasteiger charge is 2.25. The second-order valence-corrected chi connectivity index (χ2v) is 6.82. The molecule has 0 unspecified atom stereocenters. The summed E-state index contributed by atoms with van der Waals surface area (Å²) in [6.07, 6.45) is 2.79. The van der Waals surface area contributed by atoms with Crippen molar-refractivity contribution in [3.8, 4) is 5.75 Å². The van der Waals surface area contributed by atoms with Gasteiger partial charge in [0.25, 0.3) is 11.6 Å². The average Bonchev–Trinajstić information content (AvgIpc) is 2.69. The molecule has 7 heteroatoms. The Morgan fingerprint density at radius 1 is 1.22 bits per heavy atom. The van der Waals surface area contributed by atoms with Crippen LogP contribution in [-0.2, 0) is 6.42 Å². The molecule has 0 aliphatic carbocycles. The molecule has 1 aliphatic rings. The van der Waals surface area contributed by atoms with Crippen molar-refractivity contribution in [3.05, 3.63) is 63.7 Å². The van der Waals surface area contributed by atoms with Gasteiger partial charge in [-0.15, -0.1) is 0 Å². The number of hydrogen-bond acceptors (Lipinski definition) is 5. The number of piperidine rings is 1. The number of amides is 1. The third-order valence-electron chi connectivity index (χ3n) is 5.06. The summed E-state index contributed by atoms with van der Waals surface area (Å²) >= 11 is 0. The summed E-state index contributed by atoms with van der Waals surface area (Å²) in [5.41, 5.74) is 7.01. The minimum absolute atomic E-state index is 0.0646. The van der Waals surface area contributed by atoms with Gasteiger partial charge in [-0.3, -0.25) is 14.9 Å². The molecule has 0 aromatic heterocycles. The lowest BCUT2D eigenvalue weighted by Crippen LogP contribution is -2.38. The zero-order valence-electron chi connectivity index (χ0n) is 15.3. The van der Waals surface area contributed by atoms with Crippen LogP contribution in [-0.4, -0.2) is 35.9 Å². The van der Waals surface area contributed by atoms with Crippen molar-refractivity contribution in [2.45, 2.75) is 19.3 Å². The molecule has 0 saturated carbocycles. The number of nitro benzene ring substituents is 1. The van der Waals surface area contributed by atoms with Gasteiger partial charge in [0, 0.05) is 24.7 Å². The average molecular weight is 369 g/mol. The number of carbonyl (C=O) groups is 1. The number of rotatable bonds is 5.